The van der Waals surface area contributed by atoms with Crippen LogP contribution >= 0.6 is 11.8 Å². The van der Waals surface area contributed by atoms with E-state index in [1.54, 1.807) is 23.9 Å². The number of aromatic hydroxyl groups is 1. The maximum absolute atomic E-state index is 10.8. The van der Waals surface area contributed by atoms with Crippen LogP contribution in [0.3, 0.4) is 0 Å². The molecular formula is C14H12O2S. The highest BCUT2D eigenvalue weighted by Gasteiger charge is 2.04. The van der Waals surface area contributed by atoms with E-state index in [0.29, 0.717) is 11.8 Å². The van der Waals surface area contributed by atoms with Crippen LogP contribution in [-0.4, -0.2) is 17.6 Å². The summed E-state index contributed by atoms with van der Waals surface area (Å²) in [4.78, 5) is 11.9. The fourth-order valence-corrected chi connectivity index (χ4v) is 2.09. The number of aldehydes is 1. The molecule has 0 unspecified atom stereocenters. The highest BCUT2D eigenvalue weighted by molar-refractivity contribution is 7.98. The van der Waals surface area contributed by atoms with Crippen LogP contribution < -0.4 is 0 Å². The highest BCUT2D eigenvalue weighted by atomic mass is 32.2. The zero-order valence-electron chi connectivity index (χ0n) is 9.38. The molecule has 0 aromatic heterocycles. The molecule has 0 aliphatic rings. The number of carbonyl (C=O) groups is 1. The first kappa shape index (κ1) is 11.7. The summed E-state index contributed by atoms with van der Waals surface area (Å²) in [6.07, 6.45) is 2.68. The van der Waals surface area contributed by atoms with Gasteiger partial charge in [0.05, 0.1) is 5.56 Å². The Bertz CT molecular complexity index is 550. The van der Waals surface area contributed by atoms with Crippen molar-refractivity contribution < 1.29 is 9.90 Å². The standard InChI is InChI=1S/C14H12O2S/c1-17-13-4-2-3-10(8-13)11-5-6-14(16)12(7-11)9-15/h2-9,16H,1H3. The van der Waals surface area contributed by atoms with E-state index in [0.717, 1.165) is 11.1 Å². The molecule has 2 aromatic carbocycles. The van der Waals surface area contributed by atoms with Gasteiger partial charge in [-0.1, -0.05) is 18.2 Å². The van der Waals surface area contributed by atoms with Crippen LogP contribution in [0.4, 0.5) is 0 Å². The van der Waals surface area contributed by atoms with E-state index < -0.39 is 0 Å². The SMILES string of the molecule is CSc1cccc(-c2ccc(O)c(C=O)c2)c1. The summed E-state index contributed by atoms with van der Waals surface area (Å²) in [5, 5.41) is 9.45. The third-order valence-corrected chi connectivity index (χ3v) is 3.28. The van der Waals surface area contributed by atoms with E-state index in [1.807, 2.05) is 30.5 Å². The van der Waals surface area contributed by atoms with Crippen molar-refractivity contribution in [3.63, 3.8) is 0 Å². The second-order valence-corrected chi connectivity index (χ2v) is 4.50. The maximum Gasteiger partial charge on any atom is 0.153 e. The molecule has 0 aliphatic heterocycles. The van der Waals surface area contributed by atoms with Gasteiger partial charge in [0.1, 0.15) is 5.75 Å². The van der Waals surface area contributed by atoms with Gasteiger partial charge in [-0.3, -0.25) is 4.79 Å². The molecule has 17 heavy (non-hydrogen) atoms. The topological polar surface area (TPSA) is 37.3 Å². The molecule has 0 spiro atoms. The molecule has 0 atom stereocenters. The molecular weight excluding hydrogens is 232 g/mol. The van der Waals surface area contributed by atoms with Crippen molar-refractivity contribution in [2.75, 3.05) is 6.26 Å². The van der Waals surface area contributed by atoms with Crippen LogP contribution in [0.5, 0.6) is 5.75 Å². The third kappa shape index (κ3) is 2.50. The molecule has 0 saturated carbocycles. The van der Waals surface area contributed by atoms with Crippen molar-refractivity contribution in [2.45, 2.75) is 4.90 Å². The molecule has 1 N–H and O–H groups in total. The van der Waals surface area contributed by atoms with Crippen LogP contribution in [-0.2, 0) is 0 Å². The molecule has 0 fully saturated rings. The van der Waals surface area contributed by atoms with E-state index in [1.165, 1.54) is 4.90 Å². The lowest BCUT2D eigenvalue weighted by Gasteiger charge is -2.05. The summed E-state index contributed by atoms with van der Waals surface area (Å²) in [7, 11) is 0. The van der Waals surface area contributed by atoms with Gasteiger partial charge in [0.2, 0.25) is 0 Å². The molecule has 0 aliphatic carbocycles. The minimum absolute atomic E-state index is 0.0183. The van der Waals surface area contributed by atoms with E-state index in [2.05, 4.69) is 6.07 Å². The average molecular weight is 244 g/mol. The highest BCUT2D eigenvalue weighted by Crippen LogP contribution is 2.27. The molecule has 2 rings (SSSR count). The van der Waals surface area contributed by atoms with Crippen LogP contribution in [0.15, 0.2) is 47.4 Å². The second-order valence-electron chi connectivity index (χ2n) is 3.62. The average Bonchev–Trinajstić information content (AvgIpc) is 2.39. The fourth-order valence-electron chi connectivity index (χ4n) is 1.63. The number of benzene rings is 2. The Morgan fingerprint density at radius 1 is 1.12 bits per heavy atom. The fraction of sp³-hybridized carbons (Fsp3) is 0.0714. The van der Waals surface area contributed by atoms with Gasteiger partial charge in [-0.2, -0.15) is 0 Å². The Morgan fingerprint density at radius 3 is 2.59 bits per heavy atom. The van der Waals surface area contributed by atoms with Gasteiger partial charge in [-0.25, -0.2) is 0 Å². The van der Waals surface area contributed by atoms with Gasteiger partial charge < -0.3 is 5.11 Å². The monoisotopic (exact) mass is 244 g/mol. The number of rotatable bonds is 3. The van der Waals surface area contributed by atoms with Gasteiger partial charge in [0.15, 0.2) is 6.29 Å². The maximum atomic E-state index is 10.8. The Morgan fingerprint density at radius 2 is 1.88 bits per heavy atom. The van der Waals surface area contributed by atoms with E-state index in [9.17, 15) is 9.90 Å². The predicted molar refractivity (Wildman–Crippen MR) is 70.7 cm³/mol. The molecule has 3 heteroatoms. The number of carbonyl (C=O) groups excluding carboxylic acids is 1. The first-order valence-corrected chi connectivity index (χ1v) is 6.39. The van der Waals surface area contributed by atoms with Crippen molar-refractivity contribution >= 4 is 18.0 Å². The van der Waals surface area contributed by atoms with Crippen molar-refractivity contribution in [2.24, 2.45) is 0 Å². The molecule has 0 bridgehead atoms. The summed E-state index contributed by atoms with van der Waals surface area (Å²) < 4.78 is 0. The molecule has 0 heterocycles. The largest absolute Gasteiger partial charge is 0.507 e. The first-order chi connectivity index (χ1) is 8.24. The summed E-state index contributed by atoms with van der Waals surface area (Å²) >= 11 is 1.67. The Hall–Kier alpha value is -1.74. The Kier molecular flexibility index (Phi) is 3.49. The summed E-state index contributed by atoms with van der Waals surface area (Å²) in [5.41, 5.74) is 2.29. The molecule has 2 aromatic rings. The van der Waals surface area contributed by atoms with E-state index in [4.69, 9.17) is 0 Å². The van der Waals surface area contributed by atoms with Gasteiger partial charge in [-0.05, 0) is 41.6 Å². The zero-order chi connectivity index (χ0) is 12.3. The Labute approximate surface area is 104 Å². The van der Waals surface area contributed by atoms with Gasteiger partial charge >= 0.3 is 0 Å². The lowest BCUT2D eigenvalue weighted by atomic mass is 10.0. The lowest BCUT2D eigenvalue weighted by molar-refractivity contribution is 0.112. The number of hydrogen-bond acceptors (Lipinski definition) is 3. The lowest BCUT2D eigenvalue weighted by Crippen LogP contribution is -1.84. The molecule has 86 valence electrons. The Balaban J connectivity index is 2.48. The van der Waals surface area contributed by atoms with Gasteiger partial charge in [-0.15, -0.1) is 11.8 Å². The van der Waals surface area contributed by atoms with Gasteiger partial charge in [0.25, 0.3) is 0 Å². The molecule has 2 nitrogen and oxygen atoms in total. The van der Waals surface area contributed by atoms with Crippen molar-refractivity contribution in [3.8, 4) is 16.9 Å². The predicted octanol–water partition coefficient (Wildman–Crippen LogP) is 3.59. The number of thioether (sulfide) groups is 1. The minimum Gasteiger partial charge on any atom is -0.507 e. The summed E-state index contributed by atoms with van der Waals surface area (Å²) in [6.45, 7) is 0. The molecule has 0 radical (unpaired) electrons. The quantitative estimate of drug-likeness (QED) is 0.662. The summed E-state index contributed by atoms with van der Waals surface area (Å²) in [5.74, 6) is 0.0183. The van der Waals surface area contributed by atoms with Gasteiger partial charge in [0, 0.05) is 4.90 Å². The first-order valence-electron chi connectivity index (χ1n) is 5.17. The second kappa shape index (κ2) is 5.06. The van der Waals surface area contributed by atoms with Crippen LogP contribution in [0.2, 0.25) is 0 Å². The third-order valence-electron chi connectivity index (χ3n) is 2.56. The van der Waals surface area contributed by atoms with Crippen LogP contribution in [0, 0.1) is 0 Å². The smallest absolute Gasteiger partial charge is 0.153 e. The van der Waals surface area contributed by atoms with Crippen LogP contribution in [0.25, 0.3) is 11.1 Å². The number of hydrogen-bond donors (Lipinski definition) is 1. The minimum atomic E-state index is 0.0183. The number of phenols is 1. The molecule has 0 saturated heterocycles. The van der Waals surface area contributed by atoms with E-state index >= 15 is 0 Å². The van der Waals surface area contributed by atoms with Crippen molar-refractivity contribution in [1.82, 2.24) is 0 Å². The van der Waals surface area contributed by atoms with Crippen molar-refractivity contribution in [3.05, 3.63) is 48.0 Å². The van der Waals surface area contributed by atoms with E-state index in [-0.39, 0.29) is 5.75 Å². The number of phenolic OH excluding ortho intramolecular Hbond substituents is 1. The zero-order valence-corrected chi connectivity index (χ0v) is 10.2. The normalized spacial score (nSPS) is 10.2. The van der Waals surface area contributed by atoms with Crippen LogP contribution in [0.1, 0.15) is 10.4 Å². The molecule has 0 amide bonds. The van der Waals surface area contributed by atoms with Crippen molar-refractivity contribution in [1.29, 1.82) is 0 Å². The summed E-state index contributed by atoms with van der Waals surface area (Å²) in [6, 6.07) is 13.1.